The monoisotopic (exact) mass is 176 g/mol. The van der Waals surface area contributed by atoms with Crippen molar-refractivity contribution in [2.45, 2.75) is 0 Å². The third-order valence-corrected chi connectivity index (χ3v) is 1.78. The zero-order valence-electron chi connectivity index (χ0n) is 6.74. The van der Waals surface area contributed by atoms with Gasteiger partial charge in [0.15, 0.2) is 0 Å². The van der Waals surface area contributed by atoms with Gasteiger partial charge in [-0.15, -0.1) is 0 Å². The van der Waals surface area contributed by atoms with Crippen LogP contribution < -0.4 is 11.3 Å². The van der Waals surface area contributed by atoms with Gasteiger partial charge in [-0.3, -0.25) is 5.41 Å². The maximum absolute atomic E-state index is 9.16. The summed E-state index contributed by atoms with van der Waals surface area (Å²) in [7, 11) is 0. The summed E-state index contributed by atoms with van der Waals surface area (Å²) in [6.07, 6.45) is 0. The van der Waals surface area contributed by atoms with Crippen LogP contribution in [0.3, 0.4) is 0 Å². The first kappa shape index (κ1) is 7.67. The van der Waals surface area contributed by atoms with Crippen molar-refractivity contribution in [3.63, 3.8) is 0 Å². The molecule has 0 fully saturated rings. The van der Waals surface area contributed by atoms with Crippen molar-refractivity contribution in [2.75, 3.05) is 5.73 Å². The molecule has 0 saturated carbocycles. The summed E-state index contributed by atoms with van der Waals surface area (Å²) in [5.41, 5.74) is 6.22. The van der Waals surface area contributed by atoms with Crippen molar-refractivity contribution in [1.82, 2.24) is 0 Å². The molecule has 0 aliphatic rings. The minimum absolute atomic E-state index is 0.0572. The number of hydrogen-bond donors (Lipinski definition) is 3. The van der Waals surface area contributed by atoms with Gasteiger partial charge < -0.3 is 15.3 Å². The van der Waals surface area contributed by atoms with Gasteiger partial charge in [-0.1, -0.05) is 0 Å². The number of nitrogens with two attached hydrogens (primary N) is 1. The van der Waals surface area contributed by atoms with E-state index in [1.165, 1.54) is 12.1 Å². The summed E-state index contributed by atoms with van der Waals surface area (Å²) in [5.74, 6) is 0.153. The Morgan fingerprint density at radius 1 is 1.31 bits per heavy atom. The number of fused-ring (bicyclic) bond motifs is 1. The number of phenols is 1. The van der Waals surface area contributed by atoms with E-state index < -0.39 is 0 Å². The fourth-order valence-corrected chi connectivity index (χ4v) is 1.14. The third kappa shape index (κ3) is 1.22. The van der Waals surface area contributed by atoms with Crippen LogP contribution in [0, 0.1) is 5.41 Å². The van der Waals surface area contributed by atoms with Crippen molar-refractivity contribution >= 4 is 16.7 Å². The topological polar surface area (TPSA) is 83.2 Å². The third-order valence-electron chi connectivity index (χ3n) is 1.78. The van der Waals surface area contributed by atoms with E-state index in [9.17, 15) is 0 Å². The minimum atomic E-state index is -0.0572. The highest BCUT2D eigenvalue weighted by atomic mass is 16.3. The molecular weight excluding hydrogens is 168 g/mol. The Balaban J connectivity index is 2.89. The molecule has 0 atom stereocenters. The van der Waals surface area contributed by atoms with Crippen LogP contribution in [-0.2, 0) is 0 Å². The van der Waals surface area contributed by atoms with Crippen LogP contribution in [0.2, 0.25) is 0 Å². The standard InChI is InChI=1S/C9H8N2O2/c10-7-4-5-3-6(12)1-2-8(5)13-9(7)11/h1-4,11-12H,10H2. The van der Waals surface area contributed by atoms with Gasteiger partial charge >= 0.3 is 0 Å². The van der Waals surface area contributed by atoms with Crippen molar-refractivity contribution in [1.29, 1.82) is 5.41 Å². The molecule has 4 N–H and O–H groups in total. The molecule has 13 heavy (non-hydrogen) atoms. The van der Waals surface area contributed by atoms with E-state index >= 15 is 0 Å². The van der Waals surface area contributed by atoms with E-state index in [1.807, 2.05) is 0 Å². The van der Waals surface area contributed by atoms with Crippen molar-refractivity contribution in [3.8, 4) is 5.75 Å². The van der Waals surface area contributed by atoms with E-state index in [0.29, 0.717) is 11.0 Å². The molecule has 4 heteroatoms. The molecule has 1 heterocycles. The van der Waals surface area contributed by atoms with Crippen LogP contribution in [0.25, 0.3) is 11.0 Å². The minimum Gasteiger partial charge on any atom is -0.508 e. The number of rotatable bonds is 0. The summed E-state index contributed by atoms with van der Waals surface area (Å²) < 4.78 is 5.08. The summed E-state index contributed by atoms with van der Waals surface area (Å²) in [4.78, 5) is 0. The predicted molar refractivity (Wildman–Crippen MR) is 48.1 cm³/mol. The average Bonchev–Trinajstić information content (AvgIpc) is 2.08. The van der Waals surface area contributed by atoms with Gasteiger partial charge in [-0.2, -0.15) is 0 Å². The summed E-state index contributed by atoms with van der Waals surface area (Å²) in [6.45, 7) is 0. The second-order valence-corrected chi connectivity index (χ2v) is 2.75. The Hall–Kier alpha value is -1.97. The van der Waals surface area contributed by atoms with Gasteiger partial charge in [0.25, 0.3) is 0 Å². The van der Waals surface area contributed by atoms with Crippen LogP contribution in [0.5, 0.6) is 5.75 Å². The second-order valence-electron chi connectivity index (χ2n) is 2.75. The van der Waals surface area contributed by atoms with Gasteiger partial charge in [0.1, 0.15) is 11.3 Å². The highest BCUT2D eigenvalue weighted by Crippen LogP contribution is 2.19. The molecule has 66 valence electrons. The Morgan fingerprint density at radius 3 is 2.85 bits per heavy atom. The number of anilines is 1. The number of benzene rings is 1. The van der Waals surface area contributed by atoms with E-state index in [1.54, 1.807) is 12.1 Å². The molecule has 1 aromatic heterocycles. The number of aromatic hydroxyl groups is 1. The fourth-order valence-electron chi connectivity index (χ4n) is 1.14. The predicted octanol–water partition coefficient (Wildman–Crippen LogP) is 1.20. The van der Waals surface area contributed by atoms with Crippen molar-refractivity contribution in [3.05, 3.63) is 29.8 Å². The van der Waals surface area contributed by atoms with Gasteiger partial charge in [-0.05, 0) is 24.3 Å². The van der Waals surface area contributed by atoms with Crippen LogP contribution in [-0.4, -0.2) is 5.11 Å². The van der Waals surface area contributed by atoms with Crippen LogP contribution in [0.1, 0.15) is 0 Å². The summed E-state index contributed by atoms with van der Waals surface area (Å²) in [6, 6.07) is 6.24. The fraction of sp³-hybridized carbons (Fsp3) is 0. The average molecular weight is 176 g/mol. The molecule has 0 amide bonds. The first-order valence-electron chi connectivity index (χ1n) is 3.74. The first-order chi connectivity index (χ1) is 6.16. The molecule has 1 aromatic carbocycles. The zero-order valence-corrected chi connectivity index (χ0v) is 6.74. The van der Waals surface area contributed by atoms with E-state index in [0.717, 1.165) is 0 Å². The van der Waals surface area contributed by atoms with Gasteiger partial charge in [0.05, 0.1) is 5.69 Å². The van der Waals surface area contributed by atoms with Crippen molar-refractivity contribution < 1.29 is 9.52 Å². The number of nitrogen functional groups attached to an aromatic ring is 1. The van der Waals surface area contributed by atoms with Gasteiger partial charge in [-0.25, -0.2) is 0 Å². The molecule has 0 aliphatic heterocycles. The Kier molecular flexibility index (Phi) is 1.48. The van der Waals surface area contributed by atoms with Gasteiger partial charge in [0, 0.05) is 5.39 Å². The number of nitrogens with one attached hydrogen (secondary N) is 1. The lowest BCUT2D eigenvalue weighted by Crippen LogP contribution is -2.05. The SMILES string of the molecule is N=c1oc2ccc(O)cc2cc1N. The van der Waals surface area contributed by atoms with Crippen LogP contribution >= 0.6 is 0 Å². The molecule has 2 rings (SSSR count). The zero-order chi connectivity index (χ0) is 9.42. The summed E-state index contributed by atoms with van der Waals surface area (Å²) >= 11 is 0. The lowest BCUT2D eigenvalue weighted by Gasteiger charge is -1.99. The molecule has 4 nitrogen and oxygen atoms in total. The maximum Gasteiger partial charge on any atom is 0.235 e. The van der Waals surface area contributed by atoms with Gasteiger partial charge in [0.2, 0.25) is 5.55 Å². The first-order valence-corrected chi connectivity index (χ1v) is 3.74. The Morgan fingerprint density at radius 2 is 2.08 bits per heavy atom. The molecule has 0 spiro atoms. The number of phenolic OH excluding ortho intramolecular Hbond substituents is 1. The molecule has 0 unspecified atom stereocenters. The largest absolute Gasteiger partial charge is 0.508 e. The summed E-state index contributed by atoms with van der Waals surface area (Å²) in [5, 5.41) is 17.2. The normalized spacial score (nSPS) is 10.5. The Bertz CT molecular complexity index is 516. The molecule has 0 radical (unpaired) electrons. The van der Waals surface area contributed by atoms with Crippen LogP contribution in [0.15, 0.2) is 28.7 Å². The Labute approximate surface area is 73.7 Å². The lowest BCUT2D eigenvalue weighted by molar-refractivity contribution is 0.475. The highest BCUT2D eigenvalue weighted by molar-refractivity contribution is 5.80. The molecule has 0 bridgehead atoms. The van der Waals surface area contributed by atoms with E-state index in [4.69, 9.17) is 20.7 Å². The molecule has 0 saturated heterocycles. The molecular formula is C9H8N2O2. The lowest BCUT2D eigenvalue weighted by atomic mass is 10.2. The quantitative estimate of drug-likeness (QED) is 0.564. The van der Waals surface area contributed by atoms with E-state index in [2.05, 4.69) is 0 Å². The second kappa shape index (κ2) is 2.52. The number of hydrogen-bond acceptors (Lipinski definition) is 4. The van der Waals surface area contributed by atoms with Crippen LogP contribution in [0.4, 0.5) is 5.69 Å². The maximum atomic E-state index is 9.16. The molecule has 0 aliphatic carbocycles. The molecule has 2 aromatic rings. The smallest absolute Gasteiger partial charge is 0.235 e. The highest BCUT2D eigenvalue weighted by Gasteiger charge is 1.99. The van der Waals surface area contributed by atoms with E-state index in [-0.39, 0.29) is 17.0 Å². The van der Waals surface area contributed by atoms with Crippen molar-refractivity contribution in [2.24, 2.45) is 0 Å².